The van der Waals surface area contributed by atoms with Gasteiger partial charge in [-0.05, 0) is 6.07 Å². The quantitative estimate of drug-likeness (QED) is 0.564. The van der Waals surface area contributed by atoms with Gasteiger partial charge in [-0.2, -0.15) is 0 Å². The minimum absolute atomic E-state index is 0.160. The van der Waals surface area contributed by atoms with Gasteiger partial charge in [-0.1, -0.05) is 17.2 Å². The van der Waals surface area contributed by atoms with E-state index < -0.39 is 4.92 Å². The van der Waals surface area contributed by atoms with Crippen molar-refractivity contribution in [3.8, 4) is 0 Å². The maximum absolute atomic E-state index is 11.0. The minimum atomic E-state index is -1.74. The lowest BCUT2D eigenvalue weighted by Crippen LogP contribution is -2.30. The predicted octanol–water partition coefficient (Wildman–Crippen LogP) is 1.74. The number of hydrogen-bond donors (Lipinski definition) is 1. The van der Waals surface area contributed by atoms with E-state index in [2.05, 4.69) is 10.3 Å². The Labute approximate surface area is 62.3 Å². The van der Waals surface area contributed by atoms with Gasteiger partial charge >= 0.3 is 0 Å². The van der Waals surface area contributed by atoms with Crippen molar-refractivity contribution in [1.29, 1.82) is 0 Å². The molecule has 1 unspecified atom stereocenters. The molecule has 1 aliphatic heterocycles. The maximum Gasteiger partial charge on any atom is 0.263 e. The van der Waals surface area contributed by atoms with Crippen molar-refractivity contribution in [3.05, 3.63) is 24.3 Å². The standard InChI is InChI=1S/C6H5N3O2/c10-9(11)6-4-2-1-3-5(6)7-8-9/h1-4,10H/q+1. The van der Waals surface area contributed by atoms with E-state index in [-0.39, 0.29) is 5.69 Å². The van der Waals surface area contributed by atoms with Gasteiger partial charge in [0.2, 0.25) is 0 Å². The van der Waals surface area contributed by atoms with Crippen molar-refractivity contribution in [3.63, 3.8) is 0 Å². The average Bonchev–Trinajstić information content (AvgIpc) is 2.29. The minimum Gasteiger partial charge on any atom is -0.143 e. The lowest BCUT2D eigenvalue weighted by Gasteiger charge is -2.01. The first-order chi connectivity index (χ1) is 5.20. The fourth-order valence-corrected chi connectivity index (χ4v) is 0.952. The molecule has 5 heteroatoms. The van der Waals surface area contributed by atoms with Crippen LogP contribution in [0.1, 0.15) is 0 Å². The molecule has 0 saturated carbocycles. The van der Waals surface area contributed by atoms with Crippen LogP contribution in [0.5, 0.6) is 0 Å². The molecular weight excluding hydrogens is 146 g/mol. The van der Waals surface area contributed by atoms with Gasteiger partial charge in [0.25, 0.3) is 5.69 Å². The van der Waals surface area contributed by atoms with Gasteiger partial charge in [0.1, 0.15) is 5.22 Å². The first-order valence-electron chi connectivity index (χ1n) is 3.06. The van der Waals surface area contributed by atoms with Crippen LogP contribution in [0.2, 0.25) is 0 Å². The summed E-state index contributed by atoms with van der Waals surface area (Å²) in [6.45, 7) is 0. The molecule has 11 heavy (non-hydrogen) atoms. The molecule has 1 radical (unpaired) electrons. The van der Waals surface area contributed by atoms with Gasteiger partial charge in [-0.25, -0.2) is 0 Å². The van der Waals surface area contributed by atoms with E-state index in [0.717, 1.165) is 0 Å². The first-order valence-corrected chi connectivity index (χ1v) is 3.06. The van der Waals surface area contributed by atoms with Crippen LogP contribution in [0.3, 0.4) is 0 Å². The summed E-state index contributed by atoms with van der Waals surface area (Å²) in [6, 6.07) is 6.48. The van der Waals surface area contributed by atoms with Crippen LogP contribution in [0.15, 0.2) is 34.6 Å². The van der Waals surface area contributed by atoms with E-state index >= 15 is 0 Å². The Kier molecular flexibility index (Phi) is 1.08. The van der Waals surface area contributed by atoms with Crippen molar-refractivity contribution in [2.24, 2.45) is 10.3 Å². The number of nitrogens with zero attached hydrogens (tertiary/aromatic N) is 3. The summed E-state index contributed by atoms with van der Waals surface area (Å²) in [5.74, 6) is 0. The number of fused-ring (bicyclic) bond motifs is 1. The van der Waals surface area contributed by atoms with Crippen LogP contribution >= 0.6 is 0 Å². The Morgan fingerprint density at radius 3 is 2.82 bits per heavy atom. The van der Waals surface area contributed by atoms with Gasteiger partial charge in [0.05, 0.1) is 5.21 Å². The van der Waals surface area contributed by atoms with E-state index in [9.17, 15) is 5.21 Å². The molecule has 1 N–H and O–H groups in total. The summed E-state index contributed by atoms with van der Waals surface area (Å²) in [6.07, 6.45) is 0. The molecule has 0 spiro atoms. The summed E-state index contributed by atoms with van der Waals surface area (Å²) in [5.41, 5.74) is 0.581. The fourth-order valence-electron chi connectivity index (χ4n) is 0.952. The van der Waals surface area contributed by atoms with E-state index in [1.807, 2.05) is 0 Å². The summed E-state index contributed by atoms with van der Waals surface area (Å²) in [4.78, 5) is -1.74. The molecule has 1 atom stereocenters. The second-order valence-electron chi connectivity index (χ2n) is 2.22. The lowest BCUT2D eigenvalue weighted by atomic mass is 10.3. The third kappa shape index (κ3) is 0.829. The molecule has 1 aromatic rings. The van der Waals surface area contributed by atoms with Crippen LogP contribution in [0.4, 0.5) is 11.4 Å². The number of quaternary nitrogens is 1. The van der Waals surface area contributed by atoms with Crippen LogP contribution in [-0.2, 0) is 5.21 Å². The second kappa shape index (κ2) is 1.85. The smallest absolute Gasteiger partial charge is 0.143 e. The molecule has 1 aromatic carbocycles. The third-order valence-electron chi connectivity index (χ3n) is 1.47. The maximum atomic E-state index is 11.0. The summed E-state index contributed by atoms with van der Waals surface area (Å²) < 4.78 is 0. The zero-order valence-corrected chi connectivity index (χ0v) is 5.51. The van der Waals surface area contributed by atoms with Crippen molar-refractivity contribution in [2.45, 2.75) is 0 Å². The number of para-hydroxylation sites is 1. The van der Waals surface area contributed by atoms with Crippen molar-refractivity contribution >= 4 is 11.4 Å². The van der Waals surface area contributed by atoms with Gasteiger partial charge < -0.3 is 0 Å². The topological polar surface area (TPSA) is 64.8 Å². The van der Waals surface area contributed by atoms with Crippen LogP contribution in [-0.4, -0.2) is 5.21 Å². The highest BCUT2D eigenvalue weighted by molar-refractivity contribution is 5.63. The molecule has 2 rings (SSSR count). The highest BCUT2D eigenvalue weighted by atomic mass is 16.9. The third-order valence-corrected chi connectivity index (χ3v) is 1.47. The molecular formula is C6H5N3O2+. The zero-order chi connectivity index (χ0) is 7.90. The Morgan fingerprint density at radius 1 is 1.36 bits per heavy atom. The Hall–Kier alpha value is -1.30. The molecule has 1 heterocycles. The fraction of sp³-hybridized carbons (Fsp3) is 0. The summed E-state index contributed by atoms with van der Waals surface area (Å²) >= 11 is 0. The van der Waals surface area contributed by atoms with E-state index in [1.165, 1.54) is 6.07 Å². The van der Waals surface area contributed by atoms with E-state index in [0.29, 0.717) is 5.69 Å². The Bertz CT molecular complexity index is 321. The first kappa shape index (κ1) is 6.41. The SMILES string of the molecule is [O][N+]1(O)N=Nc2ccccc21. The predicted molar refractivity (Wildman–Crippen MR) is 35.2 cm³/mol. The largest absolute Gasteiger partial charge is 0.263 e. The van der Waals surface area contributed by atoms with Crippen molar-refractivity contribution in [2.75, 3.05) is 0 Å². The van der Waals surface area contributed by atoms with Crippen molar-refractivity contribution in [1.82, 2.24) is 4.92 Å². The molecule has 0 amide bonds. The van der Waals surface area contributed by atoms with Crippen LogP contribution < -0.4 is 4.92 Å². The second-order valence-corrected chi connectivity index (χ2v) is 2.22. The zero-order valence-electron chi connectivity index (χ0n) is 5.51. The molecule has 5 nitrogen and oxygen atoms in total. The molecule has 0 bridgehead atoms. The van der Waals surface area contributed by atoms with Gasteiger partial charge in [0.15, 0.2) is 10.6 Å². The van der Waals surface area contributed by atoms with Gasteiger partial charge in [-0.3, -0.25) is 0 Å². The monoisotopic (exact) mass is 151 g/mol. The average molecular weight is 151 g/mol. The highest BCUT2D eigenvalue weighted by Crippen LogP contribution is 2.37. The lowest BCUT2D eigenvalue weighted by molar-refractivity contribution is -0.334. The molecule has 1 aliphatic rings. The molecule has 0 aromatic heterocycles. The Morgan fingerprint density at radius 2 is 2.09 bits per heavy atom. The van der Waals surface area contributed by atoms with Crippen LogP contribution in [0, 0.1) is 0 Å². The molecule has 0 saturated heterocycles. The van der Waals surface area contributed by atoms with Gasteiger partial charge in [0, 0.05) is 6.07 Å². The summed E-state index contributed by atoms with van der Waals surface area (Å²) in [7, 11) is 0. The number of rotatable bonds is 0. The normalized spacial score (nSPS) is 18.4. The highest BCUT2D eigenvalue weighted by Gasteiger charge is 2.39. The van der Waals surface area contributed by atoms with E-state index in [1.54, 1.807) is 18.2 Å². The number of hydrogen-bond acceptors (Lipinski definition) is 3. The molecule has 55 valence electrons. The van der Waals surface area contributed by atoms with Crippen LogP contribution in [0.25, 0.3) is 0 Å². The summed E-state index contributed by atoms with van der Waals surface area (Å²) in [5, 5.41) is 26.5. The number of benzene rings is 1. The molecule has 0 aliphatic carbocycles. The Balaban J connectivity index is 2.64. The van der Waals surface area contributed by atoms with E-state index in [4.69, 9.17) is 5.21 Å². The van der Waals surface area contributed by atoms with Crippen molar-refractivity contribution < 1.29 is 10.4 Å². The molecule has 0 fully saturated rings. The van der Waals surface area contributed by atoms with Gasteiger partial charge in [-0.15, -0.1) is 5.21 Å².